The van der Waals surface area contributed by atoms with Crippen molar-refractivity contribution in [2.24, 2.45) is 0 Å². The third-order valence-electron chi connectivity index (χ3n) is 3.57. The van der Waals surface area contributed by atoms with Crippen LogP contribution in [0.1, 0.15) is 17.0 Å². The minimum absolute atomic E-state index is 0.140. The summed E-state index contributed by atoms with van der Waals surface area (Å²) in [4.78, 5) is 16.4. The fourth-order valence-electron chi connectivity index (χ4n) is 2.26. The third-order valence-corrected chi connectivity index (χ3v) is 4.42. The average molecular weight is 375 g/mol. The Hall–Kier alpha value is -3.37. The summed E-state index contributed by atoms with van der Waals surface area (Å²) in [7, 11) is 0. The van der Waals surface area contributed by atoms with Gasteiger partial charge in [0, 0.05) is 5.69 Å². The number of hydrogen-bond acceptors (Lipinski definition) is 5. The van der Waals surface area contributed by atoms with Crippen LogP contribution in [0.2, 0.25) is 0 Å². The number of H-pyrrole nitrogens is 1. The molecule has 0 aliphatic carbocycles. The molecule has 3 aromatic rings. The number of carbonyl (C=O) groups excluding carboxylic acids is 1. The van der Waals surface area contributed by atoms with Gasteiger partial charge in [-0.15, -0.1) is 5.10 Å². The molecule has 0 aliphatic heterocycles. The minimum atomic E-state index is -0.140. The van der Waals surface area contributed by atoms with Gasteiger partial charge in [0.15, 0.2) is 0 Å². The van der Waals surface area contributed by atoms with Gasteiger partial charge in [-0.2, -0.15) is 5.26 Å². The van der Waals surface area contributed by atoms with Crippen molar-refractivity contribution in [1.29, 1.82) is 5.26 Å². The predicted octanol–water partition coefficient (Wildman–Crippen LogP) is 3.77. The van der Waals surface area contributed by atoms with Crippen molar-refractivity contribution in [2.75, 3.05) is 11.1 Å². The fraction of sp³-hybridized carbons (Fsp3) is 0.100. The van der Waals surface area contributed by atoms with Gasteiger partial charge < -0.3 is 5.32 Å². The highest BCUT2D eigenvalue weighted by molar-refractivity contribution is 7.99. The number of hydrogen-bond donors (Lipinski definition) is 2. The zero-order chi connectivity index (χ0) is 18.9. The van der Waals surface area contributed by atoms with E-state index < -0.39 is 0 Å². The number of nitriles is 1. The second-order valence-corrected chi connectivity index (χ2v) is 6.56. The van der Waals surface area contributed by atoms with Gasteiger partial charge in [-0.25, -0.2) is 4.98 Å². The number of nitrogens with zero attached hydrogens (tertiary/aromatic N) is 3. The molecule has 0 unspecified atom stereocenters. The van der Waals surface area contributed by atoms with E-state index >= 15 is 0 Å². The second-order valence-electron chi connectivity index (χ2n) is 5.62. The standard InChI is InChI=1S/C20H17N5OS/c21-13-12-16-6-9-17(10-7-16)22-19(26)14-27-20-23-18(24-25-20)11-8-15-4-2-1-3-5-15/h1-11H,12,14H2,(H,22,26)(H,23,24,25)/b11-8+. The SMILES string of the molecule is N#CCc1ccc(NC(=O)CSc2n[nH]c(/C=C/c3ccccc3)n2)cc1. The van der Waals surface area contributed by atoms with Crippen molar-refractivity contribution in [3.63, 3.8) is 0 Å². The first kappa shape index (κ1) is 18.4. The van der Waals surface area contributed by atoms with E-state index in [4.69, 9.17) is 5.26 Å². The van der Waals surface area contributed by atoms with Gasteiger partial charge in [0.2, 0.25) is 11.1 Å². The average Bonchev–Trinajstić information content (AvgIpc) is 3.15. The van der Waals surface area contributed by atoms with Crippen LogP contribution in [0.15, 0.2) is 59.8 Å². The van der Waals surface area contributed by atoms with Crippen molar-refractivity contribution in [2.45, 2.75) is 11.6 Å². The van der Waals surface area contributed by atoms with E-state index in [0.29, 0.717) is 23.1 Å². The van der Waals surface area contributed by atoms with Gasteiger partial charge in [-0.05, 0) is 29.3 Å². The zero-order valence-corrected chi connectivity index (χ0v) is 15.2. The van der Waals surface area contributed by atoms with Gasteiger partial charge >= 0.3 is 0 Å². The summed E-state index contributed by atoms with van der Waals surface area (Å²) in [5, 5.41) is 18.9. The predicted molar refractivity (Wildman–Crippen MR) is 107 cm³/mol. The molecule has 0 aliphatic rings. The number of nitrogens with one attached hydrogen (secondary N) is 2. The van der Waals surface area contributed by atoms with E-state index in [1.165, 1.54) is 11.8 Å². The molecule has 7 heteroatoms. The van der Waals surface area contributed by atoms with Crippen LogP contribution in [-0.2, 0) is 11.2 Å². The Morgan fingerprint density at radius 2 is 1.93 bits per heavy atom. The molecule has 0 saturated heterocycles. The molecular weight excluding hydrogens is 358 g/mol. The van der Waals surface area contributed by atoms with Gasteiger partial charge in [0.05, 0.1) is 18.2 Å². The Morgan fingerprint density at radius 1 is 1.15 bits per heavy atom. The van der Waals surface area contributed by atoms with Gasteiger partial charge in [0.25, 0.3) is 0 Å². The van der Waals surface area contributed by atoms with Gasteiger partial charge in [0.1, 0.15) is 5.82 Å². The lowest BCUT2D eigenvalue weighted by Crippen LogP contribution is -2.14. The number of aromatic nitrogens is 3. The van der Waals surface area contributed by atoms with Crippen LogP contribution >= 0.6 is 11.8 Å². The summed E-state index contributed by atoms with van der Waals surface area (Å²) in [6.45, 7) is 0. The maximum Gasteiger partial charge on any atom is 0.234 e. The molecule has 0 fully saturated rings. The lowest BCUT2D eigenvalue weighted by atomic mass is 10.1. The van der Waals surface area contributed by atoms with Crippen LogP contribution in [0.5, 0.6) is 0 Å². The largest absolute Gasteiger partial charge is 0.325 e. The first-order valence-corrected chi connectivity index (χ1v) is 9.25. The molecule has 1 heterocycles. The molecule has 6 nitrogen and oxygen atoms in total. The van der Waals surface area contributed by atoms with E-state index in [1.54, 1.807) is 12.1 Å². The maximum absolute atomic E-state index is 12.0. The van der Waals surface area contributed by atoms with E-state index in [-0.39, 0.29) is 11.7 Å². The number of anilines is 1. The molecule has 134 valence electrons. The van der Waals surface area contributed by atoms with Crippen LogP contribution < -0.4 is 5.32 Å². The molecule has 3 rings (SSSR count). The quantitative estimate of drug-likeness (QED) is 0.613. The monoisotopic (exact) mass is 375 g/mol. The Labute approximate surface area is 161 Å². The van der Waals surface area contributed by atoms with Gasteiger partial charge in [-0.3, -0.25) is 9.89 Å². The van der Waals surface area contributed by atoms with Crippen LogP contribution in [0, 0.1) is 11.3 Å². The molecule has 2 aromatic carbocycles. The number of amides is 1. The highest BCUT2D eigenvalue weighted by atomic mass is 32.2. The van der Waals surface area contributed by atoms with E-state index in [2.05, 4.69) is 26.6 Å². The summed E-state index contributed by atoms with van der Waals surface area (Å²) in [5.74, 6) is 0.702. The summed E-state index contributed by atoms with van der Waals surface area (Å²) in [5.41, 5.74) is 2.69. The second kappa shape index (κ2) is 9.36. The molecule has 2 N–H and O–H groups in total. The topological polar surface area (TPSA) is 94.5 Å². The number of thioether (sulfide) groups is 1. The molecule has 0 atom stereocenters. The zero-order valence-electron chi connectivity index (χ0n) is 14.4. The van der Waals surface area contributed by atoms with Crippen molar-refractivity contribution in [3.8, 4) is 6.07 Å². The molecule has 0 saturated carbocycles. The highest BCUT2D eigenvalue weighted by Gasteiger charge is 2.07. The lowest BCUT2D eigenvalue weighted by molar-refractivity contribution is -0.113. The number of aromatic amines is 1. The molecule has 27 heavy (non-hydrogen) atoms. The fourth-order valence-corrected chi connectivity index (χ4v) is 2.87. The first-order valence-electron chi connectivity index (χ1n) is 8.27. The summed E-state index contributed by atoms with van der Waals surface area (Å²) in [6, 6.07) is 19.2. The van der Waals surface area contributed by atoms with Crippen LogP contribution in [0.25, 0.3) is 12.2 Å². The van der Waals surface area contributed by atoms with Crippen LogP contribution in [-0.4, -0.2) is 26.8 Å². The van der Waals surface area contributed by atoms with E-state index in [0.717, 1.165) is 11.1 Å². The summed E-state index contributed by atoms with van der Waals surface area (Å²) >= 11 is 1.26. The third kappa shape index (κ3) is 5.83. The summed E-state index contributed by atoms with van der Waals surface area (Å²) in [6.07, 6.45) is 4.14. The van der Waals surface area contributed by atoms with Gasteiger partial charge in [-0.1, -0.05) is 60.3 Å². The molecule has 0 spiro atoms. The Kier molecular flexibility index (Phi) is 6.39. The van der Waals surface area contributed by atoms with Crippen molar-refractivity contribution < 1.29 is 4.79 Å². The van der Waals surface area contributed by atoms with Crippen molar-refractivity contribution >= 4 is 35.5 Å². The molecule has 1 amide bonds. The maximum atomic E-state index is 12.0. The molecular formula is C20H17N5OS. The highest BCUT2D eigenvalue weighted by Crippen LogP contribution is 2.15. The first-order chi connectivity index (χ1) is 13.2. The minimum Gasteiger partial charge on any atom is -0.325 e. The Bertz CT molecular complexity index is 958. The molecule has 1 aromatic heterocycles. The van der Waals surface area contributed by atoms with Crippen molar-refractivity contribution in [1.82, 2.24) is 15.2 Å². The number of rotatable bonds is 7. The van der Waals surface area contributed by atoms with E-state index in [1.807, 2.05) is 54.6 Å². The molecule has 0 radical (unpaired) electrons. The van der Waals surface area contributed by atoms with Crippen LogP contribution in [0.4, 0.5) is 5.69 Å². The number of carbonyl (C=O) groups is 1. The normalized spacial score (nSPS) is 10.6. The van der Waals surface area contributed by atoms with E-state index in [9.17, 15) is 4.79 Å². The Morgan fingerprint density at radius 3 is 2.67 bits per heavy atom. The van der Waals surface area contributed by atoms with Crippen molar-refractivity contribution in [3.05, 3.63) is 71.5 Å². The Balaban J connectivity index is 1.48. The summed E-state index contributed by atoms with van der Waals surface area (Å²) < 4.78 is 0. The number of benzene rings is 2. The smallest absolute Gasteiger partial charge is 0.234 e. The molecule has 0 bridgehead atoms. The van der Waals surface area contributed by atoms with Crippen LogP contribution in [0.3, 0.4) is 0 Å². The lowest BCUT2D eigenvalue weighted by Gasteiger charge is -2.04.